The summed E-state index contributed by atoms with van der Waals surface area (Å²) >= 11 is 0. The lowest BCUT2D eigenvalue weighted by atomic mass is 9.46. The standard InChI is InChI=1S/C37H34O2/c38-35(33-17-32-28-9-3-5-11-30(28)34(33)31-12-6-4-10-29(31)32)39-37-20-23-15-24(21-37)19-36(18-23,22-37)27-14-13-25-7-1-2-8-26(25)16-27/h1-14,16,23-24,32-34H,15,17-22H2. The van der Waals surface area contributed by atoms with E-state index >= 15 is 0 Å². The van der Waals surface area contributed by atoms with Crippen molar-refractivity contribution in [2.24, 2.45) is 17.8 Å². The molecule has 0 saturated heterocycles. The highest BCUT2D eigenvalue weighted by Crippen LogP contribution is 2.64. The molecule has 0 aliphatic heterocycles. The Kier molecular flexibility index (Phi) is 4.51. The minimum absolute atomic E-state index is 0.0598. The van der Waals surface area contributed by atoms with Crippen LogP contribution in [0, 0.1) is 17.8 Å². The van der Waals surface area contributed by atoms with Crippen molar-refractivity contribution in [3.05, 3.63) is 119 Å². The third-order valence-corrected chi connectivity index (χ3v) is 11.3. The van der Waals surface area contributed by atoms with Crippen LogP contribution < -0.4 is 0 Å². The molecule has 0 spiro atoms. The van der Waals surface area contributed by atoms with E-state index in [0.29, 0.717) is 17.8 Å². The van der Waals surface area contributed by atoms with E-state index in [1.54, 1.807) is 0 Å². The van der Waals surface area contributed by atoms with Gasteiger partial charge in [-0.25, -0.2) is 0 Å². The topological polar surface area (TPSA) is 26.3 Å². The number of esters is 1. The number of fused-ring (bicyclic) bond motifs is 2. The van der Waals surface area contributed by atoms with Crippen molar-refractivity contribution in [1.82, 2.24) is 0 Å². The number of ether oxygens (including phenoxy) is 1. The van der Waals surface area contributed by atoms with Gasteiger partial charge in [-0.15, -0.1) is 0 Å². The highest BCUT2D eigenvalue weighted by atomic mass is 16.6. The Morgan fingerprint density at radius 1 is 0.667 bits per heavy atom. The SMILES string of the molecule is O=C(OC12CC3CC(C1)CC(c1ccc4ccccc4c1)(C3)C2)C1CC2c3ccccc3C1c1ccccc12. The van der Waals surface area contributed by atoms with Gasteiger partial charge in [-0.2, -0.15) is 0 Å². The van der Waals surface area contributed by atoms with Crippen LogP contribution in [0.5, 0.6) is 0 Å². The summed E-state index contributed by atoms with van der Waals surface area (Å²) < 4.78 is 6.87. The van der Waals surface area contributed by atoms with E-state index in [-0.39, 0.29) is 28.8 Å². The predicted molar refractivity (Wildman–Crippen MR) is 154 cm³/mol. The molecule has 11 rings (SSSR count). The van der Waals surface area contributed by atoms with Crippen molar-refractivity contribution >= 4 is 16.7 Å². The van der Waals surface area contributed by atoms with Crippen molar-refractivity contribution in [2.45, 2.75) is 67.8 Å². The molecule has 6 bridgehead atoms. The molecular formula is C37H34O2. The number of hydrogen-bond donors (Lipinski definition) is 0. The quantitative estimate of drug-likeness (QED) is 0.259. The minimum atomic E-state index is -0.303. The second kappa shape index (κ2) is 7.84. The number of hydrogen-bond acceptors (Lipinski definition) is 2. The first-order valence-corrected chi connectivity index (χ1v) is 15.0. The van der Waals surface area contributed by atoms with Crippen LogP contribution in [-0.2, 0) is 14.9 Å². The molecular weight excluding hydrogens is 476 g/mol. The fourth-order valence-corrected chi connectivity index (χ4v) is 10.3. The van der Waals surface area contributed by atoms with Gasteiger partial charge in [0.25, 0.3) is 0 Å². The van der Waals surface area contributed by atoms with Crippen LogP contribution in [0.25, 0.3) is 10.8 Å². The van der Waals surface area contributed by atoms with Crippen LogP contribution >= 0.6 is 0 Å². The molecule has 0 aromatic heterocycles. The summed E-state index contributed by atoms with van der Waals surface area (Å²) in [5.74, 6) is 1.69. The lowest BCUT2D eigenvalue weighted by molar-refractivity contribution is -0.196. The zero-order chi connectivity index (χ0) is 25.8. The fraction of sp³-hybridized carbons (Fsp3) is 0.378. The molecule has 2 heteroatoms. The first-order chi connectivity index (χ1) is 19.1. The second-order valence-electron chi connectivity index (χ2n) is 13.5. The van der Waals surface area contributed by atoms with Crippen LogP contribution in [0.1, 0.15) is 84.6 Å². The summed E-state index contributed by atoms with van der Waals surface area (Å²) in [6.45, 7) is 0. The van der Waals surface area contributed by atoms with Gasteiger partial charge >= 0.3 is 5.97 Å². The van der Waals surface area contributed by atoms with Crippen LogP contribution in [0.15, 0.2) is 91.0 Å². The van der Waals surface area contributed by atoms with Crippen LogP contribution in [0.4, 0.5) is 0 Å². The van der Waals surface area contributed by atoms with Gasteiger partial charge < -0.3 is 4.74 Å². The van der Waals surface area contributed by atoms with Gasteiger partial charge in [-0.3, -0.25) is 4.79 Å². The number of rotatable bonds is 3. The van der Waals surface area contributed by atoms with Crippen LogP contribution in [0.2, 0.25) is 0 Å². The molecule has 3 atom stereocenters. The normalized spacial score (nSPS) is 35.0. The molecule has 0 amide bonds. The first-order valence-electron chi connectivity index (χ1n) is 15.0. The van der Waals surface area contributed by atoms with E-state index in [1.807, 2.05) is 0 Å². The van der Waals surface area contributed by atoms with Gasteiger partial charge in [-0.1, -0.05) is 91.0 Å². The highest BCUT2D eigenvalue weighted by Gasteiger charge is 2.61. The molecule has 2 nitrogen and oxygen atoms in total. The van der Waals surface area contributed by atoms with Crippen molar-refractivity contribution < 1.29 is 9.53 Å². The smallest absolute Gasteiger partial charge is 0.310 e. The van der Waals surface area contributed by atoms with Crippen molar-refractivity contribution in [1.29, 1.82) is 0 Å². The molecule has 0 heterocycles. The molecule has 4 saturated carbocycles. The zero-order valence-electron chi connectivity index (χ0n) is 22.3. The summed E-state index contributed by atoms with van der Waals surface area (Å²) in [5, 5.41) is 2.63. The third kappa shape index (κ3) is 3.18. The lowest BCUT2D eigenvalue weighted by Crippen LogP contribution is -2.59. The summed E-state index contributed by atoms with van der Waals surface area (Å²) in [7, 11) is 0. The molecule has 39 heavy (non-hydrogen) atoms. The Hall–Kier alpha value is -3.39. The summed E-state index contributed by atoms with van der Waals surface area (Å²) in [5.41, 5.74) is 6.81. The van der Waals surface area contributed by atoms with Gasteiger partial charge in [0.1, 0.15) is 5.60 Å². The maximum absolute atomic E-state index is 14.3. The largest absolute Gasteiger partial charge is 0.459 e. The maximum Gasteiger partial charge on any atom is 0.310 e. The molecule has 0 N–H and O–H groups in total. The Morgan fingerprint density at radius 3 is 1.97 bits per heavy atom. The summed E-state index contributed by atoms with van der Waals surface area (Å²) in [6.07, 6.45) is 7.77. The van der Waals surface area contributed by atoms with Gasteiger partial charge in [0.15, 0.2) is 0 Å². The van der Waals surface area contributed by atoms with Crippen molar-refractivity contribution in [2.75, 3.05) is 0 Å². The number of carbonyl (C=O) groups is 1. The minimum Gasteiger partial charge on any atom is -0.459 e. The Balaban J connectivity index is 1.07. The average molecular weight is 511 g/mol. The van der Waals surface area contributed by atoms with E-state index in [9.17, 15) is 4.79 Å². The second-order valence-corrected chi connectivity index (χ2v) is 13.5. The van der Waals surface area contributed by atoms with Crippen LogP contribution in [-0.4, -0.2) is 11.6 Å². The van der Waals surface area contributed by atoms with E-state index in [4.69, 9.17) is 4.74 Å². The first kappa shape index (κ1) is 22.4. The fourth-order valence-electron chi connectivity index (χ4n) is 10.3. The summed E-state index contributed by atoms with van der Waals surface area (Å²) in [6, 6.07) is 33.4. The Bertz CT molecular complexity index is 1590. The molecule has 3 unspecified atom stereocenters. The molecule has 4 aromatic rings. The zero-order valence-corrected chi connectivity index (χ0v) is 22.3. The Morgan fingerprint density at radius 2 is 1.28 bits per heavy atom. The number of carbonyl (C=O) groups excluding carboxylic acids is 1. The molecule has 7 aliphatic rings. The van der Waals surface area contributed by atoms with E-state index < -0.39 is 0 Å². The number of benzene rings is 4. The van der Waals surface area contributed by atoms with Gasteiger partial charge in [0.2, 0.25) is 0 Å². The van der Waals surface area contributed by atoms with Gasteiger partial charge in [0.05, 0.1) is 5.92 Å². The van der Waals surface area contributed by atoms with E-state index in [1.165, 1.54) is 57.9 Å². The molecule has 0 radical (unpaired) electrons. The maximum atomic E-state index is 14.3. The molecule has 4 fully saturated rings. The predicted octanol–water partition coefficient (Wildman–Crippen LogP) is 8.27. The van der Waals surface area contributed by atoms with Crippen LogP contribution in [0.3, 0.4) is 0 Å². The van der Waals surface area contributed by atoms with E-state index in [2.05, 4.69) is 91.0 Å². The van der Waals surface area contributed by atoms with Gasteiger partial charge in [0, 0.05) is 11.8 Å². The third-order valence-electron chi connectivity index (χ3n) is 11.3. The van der Waals surface area contributed by atoms with Crippen molar-refractivity contribution in [3.8, 4) is 0 Å². The van der Waals surface area contributed by atoms with E-state index in [0.717, 1.165) is 25.7 Å². The summed E-state index contributed by atoms with van der Waals surface area (Å²) in [4.78, 5) is 14.3. The molecule has 7 aliphatic carbocycles. The lowest BCUT2D eigenvalue weighted by Gasteiger charge is -2.61. The molecule has 4 aromatic carbocycles. The van der Waals surface area contributed by atoms with Gasteiger partial charge in [-0.05, 0) is 101 Å². The molecule has 194 valence electrons. The van der Waals surface area contributed by atoms with Crippen molar-refractivity contribution in [3.63, 3.8) is 0 Å². The Labute approximate surface area is 230 Å². The average Bonchev–Trinajstić information content (AvgIpc) is 2.96. The highest BCUT2D eigenvalue weighted by molar-refractivity contribution is 5.83. The monoisotopic (exact) mass is 510 g/mol.